The standard InChI is InChI=1S/C12H12BrN5S/c1-8-15-5-10(19-8)4-14-2-9-3-17-12-6-16-11(13)7-18(9)12/h3,5-7,14H,2,4H2,1H3. The summed E-state index contributed by atoms with van der Waals surface area (Å²) in [6, 6.07) is 0. The fraction of sp³-hybridized carbons (Fsp3) is 0.250. The molecule has 0 spiro atoms. The molecule has 0 saturated carbocycles. The minimum atomic E-state index is 0.758. The lowest BCUT2D eigenvalue weighted by Crippen LogP contribution is -2.13. The van der Waals surface area contributed by atoms with E-state index >= 15 is 0 Å². The fourth-order valence-corrected chi connectivity index (χ4v) is 2.92. The highest BCUT2D eigenvalue weighted by molar-refractivity contribution is 9.10. The highest BCUT2D eigenvalue weighted by Crippen LogP contribution is 2.12. The molecule has 5 nitrogen and oxygen atoms in total. The van der Waals surface area contributed by atoms with Crippen molar-refractivity contribution in [3.05, 3.63) is 45.0 Å². The summed E-state index contributed by atoms with van der Waals surface area (Å²) in [6.45, 7) is 3.60. The summed E-state index contributed by atoms with van der Waals surface area (Å²) >= 11 is 5.09. The van der Waals surface area contributed by atoms with Crippen molar-refractivity contribution in [3.8, 4) is 0 Å². The maximum absolute atomic E-state index is 4.32. The fourth-order valence-electron chi connectivity index (χ4n) is 1.85. The molecule has 0 radical (unpaired) electrons. The Kier molecular flexibility index (Phi) is 3.58. The van der Waals surface area contributed by atoms with Crippen LogP contribution in [0, 0.1) is 6.92 Å². The van der Waals surface area contributed by atoms with E-state index in [0.29, 0.717) is 0 Å². The zero-order valence-electron chi connectivity index (χ0n) is 10.3. The Balaban J connectivity index is 1.70. The van der Waals surface area contributed by atoms with Crippen LogP contribution in [0.25, 0.3) is 5.65 Å². The Labute approximate surface area is 122 Å². The van der Waals surface area contributed by atoms with Crippen molar-refractivity contribution in [2.45, 2.75) is 20.0 Å². The summed E-state index contributed by atoms with van der Waals surface area (Å²) in [4.78, 5) is 14.0. The first kappa shape index (κ1) is 12.7. The van der Waals surface area contributed by atoms with Crippen molar-refractivity contribution in [3.63, 3.8) is 0 Å². The third kappa shape index (κ3) is 2.83. The minimum absolute atomic E-state index is 0.758. The van der Waals surface area contributed by atoms with Gasteiger partial charge in [-0.2, -0.15) is 0 Å². The van der Waals surface area contributed by atoms with Crippen molar-refractivity contribution in [1.29, 1.82) is 0 Å². The van der Waals surface area contributed by atoms with Gasteiger partial charge in [-0.1, -0.05) is 0 Å². The number of nitrogens with zero attached hydrogens (tertiary/aromatic N) is 4. The molecule has 0 atom stereocenters. The van der Waals surface area contributed by atoms with E-state index in [1.54, 1.807) is 17.5 Å². The molecular formula is C12H12BrN5S. The van der Waals surface area contributed by atoms with E-state index in [9.17, 15) is 0 Å². The second-order valence-electron chi connectivity index (χ2n) is 4.14. The van der Waals surface area contributed by atoms with E-state index in [-0.39, 0.29) is 0 Å². The molecule has 3 heterocycles. The third-order valence-electron chi connectivity index (χ3n) is 2.72. The van der Waals surface area contributed by atoms with Gasteiger partial charge in [-0.3, -0.25) is 4.40 Å². The van der Waals surface area contributed by atoms with Crippen LogP contribution in [0.2, 0.25) is 0 Å². The summed E-state index contributed by atoms with van der Waals surface area (Å²) in [6.07, 6.45) is 7.46. The molecule has 0 aromatic carbocycles. The van der Waals surface area contributed by atoms with Gasteiger partial charge in [0.25, 0.3) is 0 Å². The largest absolute Gasteiger partial charge is 0.306 e. The molecule has 3 aromatic rings. The number of hydrogen-bond donors (Lipinski definition) is 1. The number of halogens is 1. The second kappa shape index (κ2) is 5.36. The van der Waals surface area contributed by atoms with Gasteiger partial charge in [-0.15, -0.1) is 11.3 Å². The molecule has 0 bridgehead atoms. The molecule has 0 aliphatic carbocycles. The van der Waals surface area contributed by atoms with Gasteiger partial charge < -0.3 is 5.32 Å². The second-order valence-corrected chi connectivity index (χ2v) is 6.27. The number of rotatable bonds is 4. The van der Waals surface area contributed by atoms with Gasteiger partial charge in [-0.05, 0) is 22.9 Å². The van der Waals surface area contributed by atoms with Crippen LogP contribution >= 0.6 is 27.3 Å². The van der Waals surface area contributed by atoms with Gasteiger partial charge in [0.15, 0.2) is 5.65 Å². The molecule has 0 unspecified atom stereocenters. The van der Waals surface area contributed by atoms with Gasteiger partial charge in [0.05, 0.1) is 23.1 Å². The van der Waals surface area contributed by atoms with Crippen LogP contribution in [-0.2, 0) is 13.1 Å². The van der Waals surface area contributed by atoms with Crippen LogP contribution in [0.4, 0.5) is 0 Å². The lowest BCUT2D eigenvalue weighted by atomic mass is 10.4. The van der Waals surface area contributed by atoms with Crippen molar-refractivity contribution in [2.24, 2.45) is 0 Å². The number of nitrogens with one attached hydrogen (secondary N) is 1. The number of aryl methyl sites for hydroxylation is 1. The monoisotopic (exact) mass is 337 g/mol. The topological polar surface area (TPSA) is 55.1 Å². The number of hydrogen-bond acceptors (Lipinski definition) is 5. The molecule has 3 aromatic heterocycles. The van der Waals surface area contributed by atoms with Crippen molar-refractivity contribution >= 4 is 32.9 Å². The average Bonchev–Trinajstić information content (AvgIpc) is 2.97. The molecular weight excluding hydrogens is 326 g/mol. The SMILES string of the molecule is Cc1ncc(CNCc2cnc3cnc(Br)cn23)s1. The quantitative estimate of drug-likeness (QED) is 0.794. The first-order chi connectivity index (χ1) is 9.22. The predicted molar refractivity (Wildman–Crippen MR) is 78.1 cm³/mol. The molecule has 1 N–H and O–H groups in total. The van der Waals surface area contributed by atoms with Crippen LogP contribution in [0.3, 0.4) is 0 Å². The van der Waals surface area contributed by atoms with Crippen molar-refractivity contribution in [1.82, 2.24) is 24.7 Å². The summed E-state index contributed by atoms with van der Waals surface area (Å²) in [5, 5.41) is 4.50. The summed E-state index contributed by atoms with van der Waals surface area (Å²) in [5.74, 6) is 0. The highest BCUT2D eigenvalue weighted by Gasteiger charge is 2.04. The summed E-state index contributed by atoms with van der Waals surface area (Å²) in [5.41, 5.74) is 1.97. The van der Waals surface area contributed by atoms with E-state index in [4.69, 9.17) is 0 Å². The Morgan fingerprint density at radius 1 is 1.21 bits per heavy atom. The first-order valence-electron chi connectivity index (χ1n) is 5.82. The Hall–Kier alpha value is -1.31. The zero-order chi connectivity index (χ0) is 13.2. The average molecular weight is 338 g/mol. The van der Waals surface area contributed by atoms with Crippen LogP contribution in [0.5, 0.6) is 0 Å². The zero-order valence-corrected chi connectivity index (χ0v) is 12.7. The molecule has 19 heavy (non-hydrogen) atoms. The Morgan fingerprint density at radius 2 is 2.11 bits per heavy atom. The van der Waals surface area contributed by atoms with Crippen LogP contribution in [0.1, 0.15) is 15.6 Å². The number of aromatic nitrogens is 4. The molecule has 0 aliphatic rings. The van der Waals surface area contributed by atoms with E-state index in [2.05, 4.69) is 36.2 Å². The van der Waals surface area contributed by atoms with Crippen LogP contribution in [-0.4, -0.2) is 19.4 Å². The normalized spacial score (nSPS) is 11.3. The lowest BCUT2D eigenvalue weighted by molar-refractivity contribution is 0.680. The van der Waals surface area contributed by atoms with Gasteiger partial charge in [0, 0.05) is 30.4 Å². The van der Waals surface area contributed by atoms with E-state index in [1.165, 1.54) is 4.88 Å². The Morgan fingerprint density at radius 3 is 2.89 bits per heavy atom. The maximum atomic E-state index is 4.32. The van der Waals surface area contributed by atoms with Crippen molar-refractivity contribution < 1.29 is 0 Å². The van der Waals surface area contributed by atoms with E-state index in [0.717, 1.165) is 34.0 Å². The third-order valence-corrected chi connectivity index (χ3v) is 4.04. The molecule has 0 fully saturated rings. The summed E-state index contributed by atoms with van der Waals surface area (Å²) < 4.78 is 2.83. The maximum Gasteiger partial charge on any atom is 0.155 e. The van der Waals surface area contributed by atoms with Crippen LogP contribution < -0.4 is 5.32 Å². The lowest BCUT2D eigenvalue weighted by Gasteiger charge is -2.03. The van der Waals surface area contributed by atoms with Gasteiger partial charge in [-0.25, -0.2) is 15.0 Å². The van der Waals surface area contributed by atoms with Gasteiger partial charge in [0.2, 0.25) is 0 Å². The molecule has 0 aliphatic heterocycles. The van der Waals surface area contributed by atoms with Gasteiger partial charge in [0.1, 0.15) is 4.60 Å². The number of fused-ring (bicyclic) bond motifs is 1. The summed E-state index contributed by atoms with van der Waals surface area (Å²) in [7, 11) is 0. The van der Waals surface area contributed by atoms with E-state index in [1.807, 2.05) is 29.9 Å². The van der Waals surface area contributed by atoms with Crippen LogP contribution in [0.15, 0.2) is 29.4 Å². The number of thiazole rings is 1. The molecule has 0 amide bonds. The molecule has 0 saturated heterocycles. The Bertz CT molecular complexity index is 705. The smallest absolute Gasteiger partial charge is 0.155 e. The molecule has 98 valence electrons. The molecule has 7 heteroatoms. The molecule has 3 rings (SSSR count). The first-order valence-corrected chi connectivity index (χ1v) is 7.43. The minimum Gasteiger partial charge on any atom is -0.306 e. The van der Waals surface area contributed by atoms with Gasteiger partial charge >= 0.3 is 0 Å². The predicted octanol–water partition coefficient (Wildman–Crippen LogP) is 2.55. The highest BCUT2D eigenvalue weighted by atomic mass is 79.9. The van der Waals surface area contributed by atoms with E-state index < -0.39 is 0 Å². The van der Waals surface area contributed by atoms with Crippen molar-refractivity contribution in [2.75, 3.05) is 0 Å². The number of imidazole rings is 1.